The number of hydrogen-bond acceptors (Lipinski definition) is 4. The van der Waals surface area contributed by atoms with E-state index in [0.717, 1.165) is 19.0 Å². The molecule has 0 aliphatic rings. The minimum Gasteiger partial charge on any atom is -0.379 e. The number of methoxy groups -OCH3 is 1. The van der Waals surface area contributed by atoms with E-state index in [1.54, 1.807) is 18.4 Å². The standard InChI is InChI=1S/C18H34N4OS.HI/c1-8-19-17(21-13-16(23-7)18(2,3)4)20-12-14(22(5)6)15-10-9-11-24-15;/h9-11,14,16H,8,12-13H2,1-7H3,(H2,19,20,21);1H. The lowest BCUT2D eigenvalue weighted by Crippen LogP contribution is -2.42. The zero-order valence-corrected chi connectivity index (χ0v) is 19.8. The number of thiophene rings is 1. The van der Waals surface area contributed by atoms with E-state index >= 15 is 0 Å². The van der Waals surface area contributed by atoms with Crippen molar-refractivity contribution in [2.24, 2.45) is 10.4 Å². The molecule has 5 nitrogen and oxygen atoms in total. The number of rotatable bonds is 8. The second-order valence-corrected chi connectivity index (χ2v) is 8.16. The second kappa shape index (κ2) is 12.1. The molecule has 0 amide bonds. The normalized spacial score (nSPS) is 14.8. The highest BCUT2D eigenvalue weighted by Crippen LogP contribution is 2.23. The van der Waals surface area contributed by atoms with Crippen LogP contribution >= 0.6 is 35.3 Å². The molecule has 0 aliphatic carbocycles. The first-order chi connectivity index (χ1) is 11.3. The molecule has 1 aromatic rings. The molecule has 7 heteroatoms. The summed E-state index contributed by atoms with van der Waals surface area (Å²) in [5, 5.41) is 8.91. The van der Waals surface area contributed by atoms with Crippen molar-refractivity contribution >= 4 is 41.3 Å². The predicted octanol–water partition coefficient (Wildman–Crippen LogP) is 3.59. The number of halogens is 1. The van der Waals surface area contributed by atoms with Crippen molar-refractivity contribution in [2.75, 3.05) is 40.8 Å². The van der Waals surface area contributed by atoms with Crippen LogP contribution in [0.1, 0.15) is 38.6 Å². The Hall–Kier alpha value is -0.380. The van der Waals surface area contributed by atoms with Crippen LogP contribution in [-0.2, 0) is 4.74 Å². The molecular formula is C18H35IN4OS. The summed E-state index contributed by atoms with van der Waals surface area (Å²) in [7, 11) is 5.97. The fraction of sp³-hybridized carbons (Fsp3) is 0.722. The second-order valence-electron chi connectivity index (χ2n) is 7.19. The summed E-state index contributed by atoms with van der Waals surface area (Å²) in [5.74, 6) is 0.840. The molecule has 25 heavy (non-hydrogen) atoms. The molecule has 0 bridgehead atoms. The maximum atomic E-state index is 5.60. The van der Waals surface area contributed by atoms with Crippen molar-refractivity contribution in [3.63, 3.8) is 0 Å². The van der Waals surface area contributed by atoms with E-state index in [-0.39, 0.29) is 35.5 Å². The fourth-order valence-corrected chi connectivity index (χ4v) is 3.35. The Balaban J connectivity index is 0.00000576. The average Bonchev–Trinajstić information content (AvgIpc) is 3.00. The summed E-state index contributed by atoms with van der Waals surface area (Å²) in [6.45, 7) is 10.9. The summed E-state index contributed by atoms with van der Waals surface area (Å²) in [6.07, 6.45) is 0.0925. The molecule has 2 atom stereocenters. The molecule has 0 saturated carbocycles. The van der Waals surface area contributed by atoms with Gasteiger partial charge in [0.25, 0.3) is 0 Å². The molecule has 0 aromatic carbocycles. The number of aliphatic imine (C=N–C) groups is 1. The van der Waals surface area contributed by atoms with Crippen molar-refractivity contribution in [3.8, 4) is 0 Å². The summed E-state index contributed by atoms with van der Waals surface area (Å²) in [6, 6.07) is 4.61. The molecule has 2 N–H and O–H groups in total. The van der Waals surface area contributed by atoms with Crippen LogP contribution in [0, 0.1) is 5.41 Å². The molecule has 1 rings (SSSR count). The lowest BCUT2D eigenvalue weighted by atomic mass is 9.89. The highest BCUT2D eigenvalue weighted by Gasteiger charge is 2.24. The third-order valence-corrected chi connectivity index (χ3v) is 4.94. The summed E-state index contributed by atoms with van der Waals surface area (Å²) < 4.78 is 5.60. The molecule has 0 spiro atoms. The third kappa shape index (κ3) is 8.70. The molecule has 1 heterocycles. The highest BCUT2D eigenvalue weighted by atomic mass is 127. The summed E-state index contributed by atoms with van der Waals surface area (Å²) >= 11 is 1.79. The Labute approximate surface area is 174 Å². The highest BCUT2D eigenvalue weighted by molar-refractivity contribution is 14.0. The predicted molar refractivity (Wildman–Crippen MR) is 120 cm³/mol. The first-order valence-corrected chi connectivity index (χ1v) is 9.42. The van der Waals surface area contributed by atoms with Gasteiger partial charge in [-0.2, -0.15) is 0 Å². The number of ether oxygens (including phenoxy) is 1. The van der Waals surface area contributed by atoms with E-state index in [1.165, 1.54) is 4.88 Å². The Kier molecular flexibility index (Phi) is 11.9. The lowest BCUT2D eigenvalue weighted by molar-refractivity contribution is 0.0241. The molecule has 0 aliphatic heterocycles. The smallest absolute Gasteiger partial charge is 0.191 e. The van der Waals surface area contributed by atoms with Gasteiger partial charge in [0.1, 0.15) is 0 Å². The molecule has 0 fully saturated rings. The molecule has 0 radical (unpaired) electrons. The van der Waals surface area contributed by atoms with Crippen molar-refractivity contribution < 1.29 is 4.74 Å². The zero-order valence-electron chi connectivity index (χ0n) is 16.6. The Morgan fingerprint density at radius 1 is 1.32 bits per heavy atom. The zero-order chi connectivity index (χ0) is 18.2. The lowest BCUT2D eigenvalue weighted by Gasteiger charge is -2.28. The minimum absolute atomic E-state index is 0. The van der Waals surface area contributed by atoms with Crippen molar-refractivity contribution in [1.82, 2.24) is 15.5 Å². The van der Waals surface area contributed by atoms with Gasteiger partial charge in [0.05, 0.1) is 18.7 Å². The Morgan fingerprint density at radius 2 is 2.00 bits per heavy atom. The van der Waals surface area contributed by atoms with Gasteiger partial charge in [-0.05, 0) is 37.9 Å². The van der Waals surface area contributed by atoms with Crippen LogP contribution in [0.25, 0.3) is 0 Å². The van der Waals surface area contributed by atoms with Gasteiger partial charge in [-0.15, -0.1) is 35.3 Å². The monoisotopic (exact) mass is 482 g/mol. The quantitative estimate of drug-likeness (QED) is 0.338. The maximum Gasteiger partial charge on any atom is 0.191 e. The Bertz CT molecular complexity index is 486. The van der Waals surface area contributed by atoms with Crippen LogP contribution in [0.4, 0.5) is 0 Å². The van der Waals surface area contributed by atoms with Gasteiger partial charge in [-0.25, -0.2) is 0 Å². The van der Waals surface area contributed by atoms with E-state index in [1.807, 2.05) is 0 Å². The van der Waals surface area contributed by atoms with Gasteiger partial charge in [0.2, 0.25) is 0 Å². The summed E-state index contributed by atoms with van der Waals surface area (Å²) in [5.41, 5.74) is 0.0682. The van der Waals surface area contributed by atoms with Crippen molar-refractivity contribution in [2.45, 2.75) is 39.8 Å². The number of likely N-dealkylation sites (N-methyl/N-ethyl adjacent to an activating group) is 1. The molecule has 146 valence electrons. The molecule has 0 saturated heterocycles. The number of guanidine groups is 1. The average molecular weight is 482 g/mol. The SMILES string of the molecule is CCNC(=NCC(OC)C(C)(C)C)NCC(c1cccs1)N(C)C.I. The largest absolute Gasteiger partial charge is 0.379 e. The van der Waals surface area contributed by atoms with Crippen molar-refractivity contribution in [3.05, 3.63) is 22.4 Å². The third-order valence-electron chi connectivity index (χ3n) is 3.97. The van der Waals surface area contributed by atoms with Crippen LogP contribution in [0.5, 0.6) is 0 Å². The van der Waals surface area contributed by atoms with E-state index in [9.17, 15) is 0 Å². The van der Waals surface area contributed by atoms with Gasteiger partial charge in [0, 0.05) is 25.1 Å². The van der Waals surface area contributed by atoms with Gasteiger partial charge in [-0.3, -0.25) is 4.99 Å². The van der Waals surface area contributed by atoms with E-state index in [4.69, 9.17) is 9.73 Å². The first-order valence-electron chi connectivity index (χ1n) is 8.54. The molecular weight excluding hydrogens is 447 g/mol. The maximum absolute atomic E-state index is 5.60. The van der Waals surface area contributed by atoms with E-state index < -0.39 is 0 Å². The van der Waals surface area contributed by atoms with E-state index in [2.05, 4.69) is 74.8 Å². The van der Waals surface area contributed by atoms with Gasteiger partial charge < -0.3 is 20.3 Å². The summed E-state index contributed by atoms with van der Waals surface area (Å²) in [4.78, 5) is 8.30. The molecule has 1 aromatic heterocycles. The van der Waals surface area contributed by atoms with Crippen LogP contribution in [-0.4, -0.2) is 57.8 Å². The minimum atomic E-state index is 0. The van der Waals surface area contributed by atoms with Gasteiger partial charge in [-0.1, -0.05) is 26.8 Å². The van der Waals surface area contributed by atoms with Crippen LogP contribution in [0.2, 0.25) is 0 Å². The van der Waals surface area contributed by atoms with Crippen molar-refractivity contribution in [1.29, 1.82) is 0 Å². The fourth-order valence-electron chi connectivity index (χ4n) is 2.43. The van der Waals surface area contributed by atoms with Gasteiger partial charge >= 0.3 is 0 Å². The Morgan fingerprint density at radius 3 is 2.44 bits per heavy atom. The van der Waals surface area contributed by atoms with Crippen LogP contribution in [0.15, 0.2) is 22.5 Å². The van der Waals surface area contributed by atoms with E-state index in [0.29, 0.717) is 12.6 Å². The number of nitrogens with zero attached hydrogens (tertiary/aromatic N) is 2. The van der Waals surface area contributed by atoms with Crippen LogP contribution < -0.4 is 10.6 Å². The number of hydrogen-bond donors (Lipinski definition) is 2. The van der Waals surface area contributed by atoms with Gasteiger partial charge in [0.15, 0.2) is 5.96 Å². The first kappa shape index (κ1) is 24.6. The molecule has 2 unspecified atom stereocenters. The topological polar surface area (TPSA) is 48.9 Å². The number of nitrogens with one attached hydrogen (secondary N) is 2. The van der Waals surface area contributed by atoms with Crippen LogP contribution in [0.3, 0.4) is 0 Å².